The molecule has 0 aliphatic carbocycles. The number of hydrogen-bond acceptors (Lipinski definition) is 6. The molecule has 6 heteroatoms. The molecule has 0 saturated heterocycles. The summed E-state index contributed by atoms with van der Waals surface area (Å²) in [6.45, 7) is 6.51. The minimum Gasteiger partial charge on any atom is -0.462 e. The van der Waals surface area contributed by atoms with E-state index in [1.54, 1.807) is 0 Å². The lowest BCUT2D eigenvalue weighted by Gasteiger charge is -2.18. The van der Waals surface area contributed by atoms with Gasteiger partial charge in [-0.15, -0.1) is 0 Å². The van der Waals surface area contributed by atoms with Crippen LogP contribution in [0.5, 0.6) is 0 Å². The molecule has 63 heavy (non-hydrogen) atoms. The van der Waals surface area contributed by atoms with Crippen LogP contribution in [0.1, 0.15) is 265 Å². The number of carbonyl (C=O) groups is 3. The summed E-state index contributed by atoms with van der Waals surface area (Å²) < 4.78 is 16.8. The second-order valence-electron chi connectivity index (χ2n) is 17.8. The van der Waals surface area contributed by atoms with E-state index in [9.17, 15) is 14.4 Å². The van der Waals surface area contributed by atoms with Crippen LogP contribution in [-0.4, -0.2) is 37.2 Å². The van der Waals surface area contributed by atoms with Crippen LogP contribution in [0.15, 0.2) is 60.8 Å². The van der Waals surface area contributed by atoms with Gasteiger partial charge in [-0.25, -0.2) is 0 Å². The summed E-state index contributed by atoms with van der Waals surface area (Å²) in [4.78, 5) is 38.0. The number of hydrogen-bond donors (Lipinski definition) is 0. The van der Waals surface area contributed by atoms with Gasteiger partial charge in [-0.1, -0.05) is 236 Å². The van der Waals surface area contributed by atoms with Gasteiger partial charge in [-0.2, -0.15) is 0 Å². The first kappa shape index (κ1) is 60.1. The van der Waals surface area contributed by atoms with Crippen LogP contribution < -0.4 is 0 Å². The molecule has 0 saturated carbocycles. The summed E-state index contributed by atoms with van der Waals surface area (Å²) in [5.74, 6) is -0.904. The molecule has 364 valence electrons. The highest BCUT2D eigenvalue weighted by molar-refractivity contribution is 5.71. The summed E-state index contributed by atoms with van der Waals surface area (Å²) in [5.41, 5.74) is 0. The Morgan fingerprint density at radius 2 is 0.683 bits per heavy atom. The first-order valence-electron chi connectivity index (χ1n) is 26.8. The predicted octanol–water partition coefficient (Wildman–Crippen LogP) is 17.6. The lowest BCUT2D eigenvalue weighted by molar-refractivity contribution is -0.167. The van der Waals surface area contributed by atoms with E-state index in [2.05, 4.69) is 81.5 Å². The van der Waals surface area contributed by atoms with Gasteiger partial charge < -0.3 is 14.2 Å². The SMILES string of the molecule is CC/C=C\C/C=C\CCCCCCCCCC(=O)OC(COC(=O)CCCCCCC\C=C/C=C\C=C/CCCCCCC)COC(=O)CCCCCCCCCCCCCCC. The smallest absolute Gasteiger partial charge is 0.306 e. The molecule has 0 fully saturated rings. The van der Waals surface area contributed by atoms with E-state index in [1.807, 2.05) is 0 Å². The van der Waals surface area contributed by atoms with E-state index in [-0.39, 0.29) is 31.1 Å². The molecule has 0 aromatic rings. The van der Waals surface area contributed by atoms with Gasteiger partial charge in [-0.3, -0.25) is 14.4 Å². The van der Waals surface area contributed by atoms with Crippen molar-refractivity contribution in [1.29, 1.82) is 0 Å². The summed E-state index contributed by atoms with van der Waals surface area (Å²) in [6, 6.07) is 0. The quantitative estimate of drug-likeness (QED) is 0.0199. The maximum atomic E-state index is 12.8. The fraction of sp³-hybridized carbons (Fsp3) is 0.772. The van der Waals surface area contributed by atoms with Crippen LogP contribution in [0.4, 0.5) is 0 Å². The van der Waals surface area contributed by atoms with E-state index in [0.29, 0.717) is 19.3 Å². The maximum absolute atomic E-state index is 12.8. The van der Waals surface area contributed by atoms with Gasteiger partial charge in [0.25, 0.3) is 0 Å². The molecule has 0 aliphatic rings. The number of allylic oxidation sites excluding steroid dienone is 10. The molecular weight excluding hydrogens is 781 g/mol. The number of rotatable bonds is 48. The summed E-state index contributed by atoms with van der Waals surface area (Å²) in [7, 11) is 0. The summed E-state index contributed by atoms with van der Waals surface area (Å²) >= 11 is 0. The lowest BCUT2D eigenvalue weighted by Crippen LogP contribution is -2.30. The molecule has 1 unspecified atom stereocenters. The zero-order valence-corrected chi connectivity index (χ0v) is 41.6. The van der Waals surface area contributed by atoms with Crippen molar-refractivity contribution < 1.29 is 28.6 Å². The molecule has 6 nitrogen and oxygen atoms in total. The van der Waals surface area contributed by atoms with Crippen LogP contribution in [0.2, 0.25) is 0 Å². The monoisotopic (exact) mass is 881 g/mol. The summed E-state index contributed by atoms with van der Waals surface area (Å²) in [5, 5.41) is 0. The van der Waals surface area contributed by atoms with Crippen LogP contribution in [0, 0.1) is 0 Å². The minimum absolute atomic E-state index is 0.0823. The van der Waals surface area contributed by atoms with Gasteiger partial charge in [0.05, 0.1) is 0 Å². The Labute approximate surface area is 390 Å². The Morgan fingerprint density at radius 3 is 1.08 bits per heavy atom. The highest BCUT2D eigenvalue weighted by atomic mass is 16.6. The first-order valence-corrected chi connectivity index (χ1v) is 26.8. The van der Waals surface area contributed by atoms with Crippen LogP contribution >= 0.6 is 0 Å². The molecule has 0 bridgehead atoms. The van der Waals surface area contributed by atoms with Crippen molar-refractivity contribution in [2.45, 2.75) is 271 Å². The van der Waals surface area contributed by atoms with E-state index < -0.39 is 6.10 Å². The molecule has 0 aromatic carbocycles. The third kappa shape index (κ3) is 50.0. The largest absolute Gasteiger partial charge is 0.462 e. The Balaban J connectivity index is 4.40. The lowest BCUT2D eigenvalue weighted by atomic mass is 10.0. The normalized spacial score (nSPS) is 12.5. The average molecular weight is 881 g/mol. The molecule has 0 aliphatic heterocycles. The molecule has 0 amide bonds. The number of ether oxygens (including phenoxy) is 3. The van der Waals surface area contributed by atoms with Gasteiger partial charge in [0.1, 0.15) is 13.2 Å². The Bertz CT molecular complexity index is 1150. The topological polar surface area (TPSA) is 78.9 Å². The van der Waals surface area contributed by atoms with Crippen LogP contribution in [-0.2, 0) is 28.6 Å². The van der Waals surface area contributed by atoms with Crippen LogP contribution in [0.3, 0.4) is 0 Å². The molecule has 0 rings (SSSR count). The van der Waals surface area contributed by atoms with Crippen molar-refractivity contribution in [3.63, 3.8) is 0 Å². The van der Waals surface area contributed by atoms with Crippen molar-refractivity contribution in [3.05, 3.63) is 60.8 Å². The van der Waals surface area contributed by atoms with E-state index in [1.165, 1.54) is 128 Å². The van der Waals surface area contributed by atoms with Gasteiger partial charge in [0.2, 0.25) is 0 Å². The van der Waals surface area contributed by atoms with Gasteiger partial charge >= 0.3 is 17.9 Å². The average Bonchev–Trinajstić information content (AvgIpc) is 3.28. The number of carbonyl (C=O) groups excluding carboxylic acids is 3. The second kappa shape index (κ2) is 51.7. The maximum Gasteiger partial charge on any atom is 0.306 e. The molecule has 1 atom stereocenters. The van der Waals surface area contributed by atoms with E-state index in [4.69, 9.17) is 14.2 Å². The third-order valence-corrected chi connectivity index (χ3v) is 11.6. The standard InChI is InChI=1S/C57H100O6/c1-4-7-10-13-16-19-22-25-27-28-29-30-33-35-38-41-44-47-50-56(59)62-53-54(52-61-55(58)49-46-43-40-37-34-31-24-21-18-15-12-9-6-3)63-57(60)51-48-45-42-39-36-32-26-23-20-17-14-11-8-5-2/h8,11,17,20,22,25,27-30,54H,4-7,9-10,12-16,18-19,21,23-24,26,31-53H2,1-3H3/b11-8-,20-17-,25-22-,28-27-,30-29-. The van der Waals surface area contributed by atoms with Crippen LogP contribution in [0.25, 0.3) is 0 Å². The van der Waals surface area contributed by atoms with Crippen molar-refractivity contribution >= 4 is 17.9 Å². The minimum atomic E-state index is -0.784. The second-order valence-corrected chi connectivity index (χ2v) is 17.8. The first-order chi connectivity index (χ1) is 31.0. The number of unbranched alkanes of at least 4 members (excludes halogenated alkanes) is 29. The van der Waals surface area contributed by atoms with Crippen molar-refractivity contribution in [3.8, 4) is 0 Å². The Hall–Kier alpha value is -2.89. The third-order valence-electron chi connectivity index (χ3n) is 11.6. The predicted molar refractivity (Wildman–Crippen MR) is 270 cm³/mol. The fourth-order valence-electron chi connectivity index (χ4n) is 7.54. The van der Waals surface area contributed by atoms with E-state index in [0.717, 1.165) is 96.3 Å². The molecule has 0 radical (unpaired) electrons. The summed E-state index contributed by atoms with van der Waals surface area (Å²) in [6.07, 6.45) is 63.4. The highest BCUT2D eigenvalue weighted by Crippen LogP contribution is 2.15. The molecule has 0 heterocycles. The van der Waals surface area contributed by atoms with Gasteiger partial charge in [0, 0.05) is 19.3 Å². The number of esters is 3. The zero-order chi connectivity index (χ0) is 45.8. The van der Waals surface area contributed by atoms with E-state index >= 15 is 0 Å². The van der Waals surface area contributed by atoms with Crippen molar-refractivity contribution in [1.82, 2.24) is 0 Å². The van der Waals surface area contributed by atoms with Crippen molar-refractivity contribution in [2.75, 3.05) is 13.2 Å². The molecular formula is C57H100O6. The van der Waals surface area contributed by atoms with Crippen molar-refractivity contribution in [2.24, 2.45) is 0 Å². The fourth-order valence-corrected chi connectivity index (χ4v) is 7.54. The Kier molecular flexibility index (Phi) is 49.4. The highest BCUT2D eigenvalue weighted by Gasteiger charge is 2.19. The van der Waals surface area contributed by atoms with Gasteiger partial charge in [-0.05, 0) is 70.6 Å². The molecule has 0 aromatic heterocycles. The van der Waals surface area contributed by atoms with Gasteiger partial charge in [0.15, 0.2) is 6.10 Å². The molecule has 0 spiro atoms. The zero-order valence-electron chi connectivity index (χ0n) is 41.6. The molecule has 0 N–H and O–H groups in total. The Morgan fingerprint density at radius 1 is 0.349 bits per heavy atom.